The quantitative estimate of drug-likeness (QED) is 0.611. The molecule has 1 rings (SSSR count). The maximum absolute atomic E-state index is 10.1. The molecule has 0 aromatic rings. The molecule has 0 aliphatic heterocycles. The molecule has 0 amide bonds. The second-order valence-electron chi connectivity index (χ2n) is 6.67. The molecule has 1 aliphatic rings. The van der Waals surface area contributed by atoms with Crippen LogP contribution in [0.5, 0.6) is 0 Å². The number of aliphatic hydroxyl groups is 1. The molecule has 0 fully saturated rings. The van der Waals surface area contributed by atoms with Gasteiger partial charge in [0, 0.05) is 0 Å². The molecule has 0 heterocycles. The van der Waals surface area contributed by atoms with Crippen molar-refractivity contribution < 1.29 is 5.11 Å². The third-order valence-electron chi connectivity index (χ3n) is 4.58. The van der Waals surface area contributed by atoms with E-state index >= 15 is 0 Å². The van der Waals surface area contributed by atoms with Gasteiger partial charge in [-0.2, -0.15) is 0 Å². The second-order valence-corrected chi connectivity index (χ2v) is 6.67. The summed E-state index contributed by atoms with van der Waals surface area (Å²) in [5, 5.41) is 10.1. The van der Waals surface area contributed by atoms with Crippen molar-refractivity contribution in [1.82, 2.24) is 0 Å². The van der Waals surface area contributed by atoms with Crippen LogP contribution in [0.15, 0.2) is 47.6 Å². The van der Waals surface area contributed by atoms with E-state index in [2.05, 4.69) is 46.1 Å². The van der Waals surface area contributed by atoms with Crippen LogP contribution in [0.3, 0.4) is 0 Å². The number of aliphatic hydroxyl groups excluding tert-OH is 1. The molecule has 2 atom stereocenters. The van der Waals surface area contributed by atoms with Gasteiger partial charge < -0.3 is 5.11 Å². The summed E-state index contributed by atoms with van der Waals surface area (Å²) in [4.78, 5) is 0. The van der Waals surface area contributed by atoms with Gasteiger partial charge in [0.25, 0.3) is 0 Å². The van der Waals surface area contributed by atoms with Gasteiger partial charge in [-0.1, -0.05) is 42.0 Å². The SMILES string of the molecule is C=C(C)[C@H]1CC=C(C)CC[C@@H](O)C(=C)CCC=C(C)CC1. The van der Waals surface area contributed by atoms with Crippen molar-refractivity contribution in [2.24, 2.45) is 5.92 Å². The molecule has 1 nitrogen and oxygen atoms in total. The van der Waals surface area contributed by atoms with Crippen molar-refractivity contribution in [3.05, 3.63) is 47.6 Å². The molecule has 1 N–H and O–H groups in total. The van der Waals surface area contributed by atoms with Crippen LogP contribution in [0.25, 0.3) is 0 Å². The molecule has 0 saturated heterocycles. The van der Waals surface area contributed by atoms with Crippen molar-refractivity contribution >= 4 is 0 Å². The largest absolute Gasteiger partial charge is 0.389 e. The Balaban J connectivity index is 2.79. The lowest BCUT2D eigenvalue weighted by atomic mass is 9.89. The average molecular weight is 288 g/mol. The van der Waals surface area contributed by atoms with Crippen molar-refractivity contribution in [3.8, 4) is 0 Å². The first-order chi connectivity index (χ1) is 9.90. The first-order valence-electron chi connectivity index (χ1n) is 8.22. The Morgan fingerprint density at radius 2 is 1.71 bits per heavy atom. The van der Waals surface area contributed by atoms with E-state index in [0.29, 0.717) is 5.92 Å². The van der Waals surface area contributed by atoms with Crippen LogP contribution in [-0.2, 0) is 0 Å². The van der Waals surface area contributed by atoms with Crippen molar-refractivity contribution in [3.63, 3.8) is 0 Å². The molecule has 0 spiro atoms. The van der Waals surface area contributed by atoms with Crippen molar-refractivity contribution in [2.45, 2.75) is 71.8 Å². The fourth-order valence-corrected chi connectivity index (χ4v) is 2.75. The smallest absolute Gasteiger partial charge is 0.0750 e. The van der Waals surface area contributed by atoms with E-state index in [9.17, 15) is 5.11 Å². The van der Waals surface area contributed by atoms with Crippen LogP contribution in [-0.4, -0.2) is 11.2 Å². The van der Waals surface area contributed by atoms with E-state index in [0.717, 1.165) is 44.1 Å². The predicted molar refractivity (Wildman–Crippen MR) is 93.3 cm³/mol. The highest BCUT2D eigenvalue weighted by atomic mass is 16.3. The van der Waals surface area contributed by atoms with Crippen LogP contribution in [0, 0.1) is 5.92 Å². The molecule has 0 saturated carbocycles. The van der Waals surface area contributed by atoms with Crippen LogP contribution < -0.4 is 0 Å². The minimum absolute atomic E-state index is 0.359. The number of allylic oxidation sites excluding steroid dienone is 5. The third kappa shape index (κ3) is 6.95. The van der Waals surface area contributed by atoms with Gasteiger partial charge >= 0.3 is 0 Å². The van der Waals surface area contributed by atoms with Crippen LogP contribution in [0.1, 0.15) is 65.7 Å². The lowest BCUT2D eigenvalue weighted by molar-refractivity contribution is 0.197. The summed E-state index contributed by atoms with van der Waals surface area (Å²) < 4.78 is 0. The minimum Gasteiger partial charge on any atom is -0.389 e. The monoisotopic (exact) mass is 288 g/mol. The Morgan fingerprint density at radius 1 is 1.10 bits per heavy atom. The molecule has 0 unspecified atom stereocenters. The molecular formula is C20H32O. The average Bonchev–Trinajstić information content (AvgIpc) is 2.43. The van der Waals surface area contributed by atoms with Gasteiger partial charge in [0.2, 0.25) is 0 Å². The summed E-state index contributed by atoms with van der Waals surface area (Å²) in [6, 6.07) is 0. The molecule has 0 aromatic heterocycles. The van der Waals surface area contributed by atoms with Crippen LogP contribution in [0.4, 0.5) is 0 Å². The molecule has 1 aliphatic carbocycles. The van der Waals surface area contributed by atoms with Crippen LogP contribution >= 0.6 is 0 Å². The molecular weight excluding hydrogens is 256 g/mol. The maximum Gasteiger partial charge on any atom is 0.0750 e. The molecule has 0 aromatic carbocycles. The predicted octanol–water partition coefficient (Wildman–Crippen LogP) is 5.73. The molecule has 0 radical (unpaired) electrons. The van der Waals surface area contributed by atoms with Gasteiger partial charge in [-0.15, -0.1) is 0 Å². The van der Waals surface area contributed by atoms with Gasteiger partial charge in [-0.05, 0) is 77.2 Å². The maximum atomic E-state index is 10.1. The van der Waals surface area contributed by atoms with Gasteiger partial charge in [0.1, 0.15) is 0 Å². The topological polar surface area (TPSA) is 20.2 Å². The fraction of sp³-hybridized carbons (Fsp3) is 0.600. The van der Waals surface area contributed by atoms with E-state index < -0.39 is 0 Å². The Hall–Kier alpha value is -1.08. The van der Waals surface area contributed by atoms with Gasteiger partial charge in [-0.25, -0.2) is 0 Å². The number of hydrogen-bond donors (Lipinski definition) is 1. The molecule has 0 bridgehead atoms. The van der Waals surface area contributed by atoms with E-state index in [1.807, 2.05) is 0 Å². The first-order valence-corrected chi connectivity index (χ1v) is 8.22. The van der Waals surface area contributed by atoms with Crippen molar-refractivity contribution in [1.29, 1.82) is 0 Å². The summed E-state index contributed by atoms with van der Waals surface area (Å²) in [5.41, 5.74) is 5.08. The summed E-state index contributed by atoms with van der Waals surface area (Å²) in [7, 11) is 0. The Labute approximate surface area is 131 Å². The van der Waals surface area contributed by atoms with Crippen LogP contribution in [0.2, 0.25) is 0 Å². The molecule has 118 valence electrons. The lowest BCUT2D eigenvalue weighted by Gasteiger charge is -2.18. The Kier molecular flexibility index (Phi) is 7.74. The number of rotatable bonds is 1. The normalized spacial score (nSPS) is 26.6. The highest BCUT2D eigenvalue weighted by molar-refractivity contribution is 5.10. The van der Waals surface area contributed by atoms with E-state index in [1.54, 1.807) is 0 Å². The molecule has 21 heavy (non-hydrogen) atoms. The summed E-state index contributed by atoms with van der Waals surface area (Å²) in [6.45, 7) is 14.7. The van der Waals surface area contributed by atoms with Crippen molar-refractivity contribution in [2.75, 3.05) is 0 Å². The standard InChI is InChI=1S/C20H32O/c1-15(2)19-12-9-16(3)7-6-8-18(5)20(21)14-11-17(4)10-13-19/h7,10,19-21H,1,5-6,8-9,11-14H2,2-4H3/t19-,20-/m1/s1. The Bertz CT molecular complexity index is 425. The zero-order chi connectivity index (χ0) is 15.8. The zero-order valence-electron chi connectivity index (χ0n) is 14.1. The second kappa shape index (κ2) is 9.04. The summed E-state index contributed by atoms with van der Waals surface area (Å²) >= 11 is 0. The lowest BCUT2D eigenvalue weighted by Crippen LogP contribution is -2.10. The summed E-state index contributed by atoms with van der Waals surface area (Å²) in [5.74, 6) is 0.575. The third-order valence-corrected chi connectivity index (χ3v) is 4.58. The first kappa shape index (κ1) is 18.0. The zero-order valence-corrected chi connectivity index (χ0v) is 14.1. The summed E-state index contributed by atoms with van der Waals surface area (Å²) in [6.07, 6.45) is 11.3. The van der Waals surface area contributed by atoms with E-state index in [-0.39, 0.29) is 6.10 Å². The Morgan fingerprint density at radius 3 is 2.38 bits per heavy atom. The van der Waals surface area contributed by atoms with Gasteiger partial charge in [-0.3, -0.25) is 0 Å². The minimum atomic E-state index is -0.359. The highest BCUT2D eigenvalue weighted by Crippen LogP contribution is 2.25. The van der Waals surface area contributed by atoms with Gasteiger partial charge in [0.05, 0.1) is 6.10 Å². The highest BCUT2D eigenvalue weighted by Gasteiger charge is 2.11. The number of hydrogen-bond acceptors (Lipinski definition) is 1. The van der Waals surface area contributed by atoms with Gasteiger partial charge in [0.15, 0.2) is 0 Å². The van der Waals surface area contributed by atoms with E-state index in [4.69, 9.17) is 0 Å². The van der Waals surface area contributed by atoms with E-state index in [1.165, 1.54) is 23.1 Å². The molecule has 1 heteroatoms. The fourth-order valence-electron chi connectivity index (χ4n) is 2.75.